The quantitative estimate of drug-likeness (QED) is 0.867. The first-order chi connectivity index (χ1) is 8.18. The van der Waals surface area contributed by atoms with Crippen LogP contribution in [-0.2, 0) is 0 Å². The minimum absolute atomic E-state index is 0.182. The van der Waals surface area contributed by atoms with E-state index in [4.69, 9.17) is 11.6 Å². The molecule has 2 unspecified atom stereocenters. The van der Waals surface area contributed by atoms with Crippen molar-refractivity contribution in [2.75, 3.05) is 0 Å². The maximum Gasteiger partial charge on any atom is 0.0693 e. The molecule has 0 amide bonds. The fourth-order valence-corrected chi connectivity index (χ4v) is 2.84. The zero-order chi connectivity index (χ0) is 12.3. The van der Waals surface area contributed by atoms with Crippen LogP contribution in [0.25, 0.3) is 0 Å². The second-order valence-corrected chi connectivity index (χ2v) is 5.28. The van der Waals surface area contributed by atoms with E-state index in [-0.39, 0.29) is 18.2 Å². The lowest BCUT2D eigenvalue weighted by Gasteiger charge is -2.31. The standard InChI is InChI=1S/C14H20ClNO/c1-10(11-6-2-3-7-12(11)15)16-13-8-4-5-9-14(13)17/h2-3,6-7,10,13-14,16-17H,4-5,8-9H2,1H3/t10-,13?,14?/m0/s1. The summed E-state index contributed by atoms with van der Waals surface area (Å²) in [7, 11) is 0. The second-order valence-electron chi connectivity index (χ2n) is 4.87. The van der Waals surface area contributed by atoms with E-state index in [1.807, 2.05) is 24.3 Å². The summed E-state index contributed by atoms with van der Waals surface area (Å²) in [6, 6.07) is 8.27. The van der Waals surface area contributed by atoms with Gasteiger partial charge in [-0.25, -0.2) is 0 Å². The van der Waals surface area contributed by atoms with Crippen LogP contribution in [0.1, 0.15) is 44.2 Å². The lowest BCUT2D eigenvalue weighted by Crippen LogP contribution is -2.43. The Hall–Kier alpha value is -0.570. The van der Waals surface area contributed by atoms with Gasteiger partial charge in [-0.2, -0.15) is 0 Å². The molecule has 3 heteroatoms. The van der Waals surface area contributed by atoms with Crippen LogP contribution < -0.4 is 5.32 Å². The maximum absolute atomic E-state index is 9.94. The van der Waals surface area contributed by atoms with Gasteiger partial charge >= 0.3 is 0 Å². The van der Waals surface area contributed by atoms with Gasteiger partial charge < -0.3 is 10.4 Å². The average Bonchev–Trinajstić information content (AvgIpc) is 2.32. The molecule has 1 aromatic carbocycles. The van der Waals surface area contributed by atoms with E-state index in [0.717, 1.165) is 29.8 Å². The summed E-state index contributed by atoms with van der Waals surface area (Å²) in [5.74, 6) is 0. The van der Waals surface area contributed by atoms with Crippen molar-refractivity contribution in [2.24, 2.45) is 0 Å². The largest absolute Gasteiger partial charge is 0.392 e. The van der Waals surface area contributed by atoms with Gasteiger partial charge in [0.15, 0.2) is 0 Å². The molecular formula is C14H20ClNO. The Morgan fingerprint density at radius 2 is 2.00 bits per heavy atom. The first-order valence-electron chi connectivity index (χ1n) is 6.37. The minimum Gasteiger partial charge on any atom is -0.392 e. The van der Waals surface area contributed by atoms with E-state index in [1.165, 1.54) is 6.42 Å². The molecular weight excluding hydrogens is 234 g/mol. The van der Waals surface area contributed by atoms with Crippen molar-refractivity contribution >= 4 is 11.6 Å². The molecule has 0 heterocycles. The summed E-state index contributed by atoms with van der Waals surface area (Å²) < 4.78 is 0. The third-order valence-electron chi connectivity index (χ3n) is 3.57. The normalized spacial score (nSPS) is 26.8. The number of rotatable bonds is 3. The first-order valence-corrected chi connectivity index (χ1v) is 6.75. The predicted octanol–water partition coefficient (Wildman–Crippen LogP) is 3.29. The Balaban J connectivity index is 2.01. The minimum atomic E-state index is -0.214. The maximum atomic E-state index is 9.94. The summed E-state index contributed by atoms with van der Waals surface area (Å²) in [5.41, 5.74) is 1.10. The lowest BCUT2D eigenvalue weighted by molar-refractivity contribution is 0.0860. The highest BCUT2D eigenvalue weighted by Crippen LogP contribution is 2.25. The number of hydrogen-bond donors (Lipinski definition) is 2. The van der Waals surface area contributed by atoms with E-state index in [2.05, 4.69) is 12.2 Å². The number of hydrogen-bond acceptors (Lipinski definition) is 2. The van der Waals surface area contributed by atoms with E-state index in [1.54, 1.807) is 0 Å². The zero-order valence-corrected chi connectivity index (χ0v) is 11.0. The Morgan fingerprint density at radius 1 is 1.29 bits per heavy atom. The molecule has 1 fully saturated rings. The molecule has 0 bridgehead atoms. The van der Waals surface area contributed by atoms with Crippen LogP contribution in [0.15, 0.2) is 24.3 Å². The smallest absolute Gasteiger partial charge is 0.0693 e. The lowest BCUT2D eigenvalue weighted by atomic mass is 9.91. The van der Waals surface area contributed by atoms with Crippen molar-refractivity contribution in [1.82, 2.24) is 5.32 Å². The molecule has 3 atom stereocenters. The Morgan fingerprint density at radius 3 is 2.71 bits per heavy atom. The summed E-state index contributed by atoms with van der Waals surface area (Å²) in [4.78, 5) is 0. The fourth-order valence-electron chi connectivity index (χ4n) is 2.54. The molecule has 1 saturated carbocycles. The van der Waals surface area contributed by atoms with E-state index in [0.29, 0.717) is 0 Å². The van der Waals surface area contributed by atoms with Crippen molar-refractivity contribution in [3.8, 4) is 0 Å². The second kappa shape index (κ2) is 5.85. The Kier molecular flexibility index (Phi) is 4.43. The summed E-state index contributed by atoms with van der Waals surface area (Å²) in [5, 5.41) is 14.2. The number of nitrogens with one attached hydrogen (secondary N) is 1. The molecule has 1 aliphatic rings. The monoisotopic (exact) mass is 253 g/mol. The SMILES string of the molecule is C[C@H](NC1CCCCC1O)c1ccccc1Cl. The van der Waals surface area contributed by atoms with Crippen molar-refractivity contribution in [1.29, 1.82) is 0 Å². The topological polar surface area (TPSA) is 32.3 Å². The van der Waals surface area contributed by atoms with Crippen LogP contribution in [0.3, 0.4) is 0 Å². The van der Waals surface area contributed by atoms with Gasteiger partial charge in [0.05, 0.1) is 6.10 Å². The van der Waals surface area contributed by atoms with Crippen molar-refractivity contribution in [3.63, 3.8) is 0 Å². The molecule has 0 aromatic heterocycles. The highest BCUT2D eigenvalue weighted by Gasteiger charge is 2.24. The van der Waals surface area contributed by atoms with Crippen molar-refractivity contribution in [3.05, 3.63) is 34.9 Å². The fraction of sp³-hybridized carbons (Fsp3) is 0.571. The highest BCUT2D eigenvalue weighted by molar-refractivity contribution is 6.31. The summed E-state index contributed by atoms with van der Waals surface area (Å²) in [6.07, 6.45) is 4.08. The van der Waals surface area contributed by atoms with Crippen LogP contribution in [0.4, 0.5) is 0 Å². The van der Waals surface area contributed by atoms with Crippen LogP contribution >= 0.6 is 11.6 Å². The van der Waals surface area contributed by atoms with Crippen molar-refractivity contribution < 1.29 is 5.11 Å². The third kappa shape index (κ3) is 3.21. The molecule has 0 aliphatic heterocycles. The van der Waals surface area contributed by atoms with E-state index < -0.39 is 0 Å². The Bertz CT molecular complexity index is 369. The molecule has 2 N–H and O–H groups in total. The van der Waals surface area contributed by atoms with Gasteiger partial charge in [-0.15, -0.1) is 0 Å². The van der Waals surface area contributed by atoms with Gasteiger partial charge in [0.1, 0.15) is 0 Å². The van der Waals surface area contributed by atoms with E-state index >= 15 is 0 Å². The Labute approximate surface area is 108 Å². The zero-order valence-electron chi connectivity index (χ0n) is 10.2. The first kappa shape index (κ1) is 12.9. The van der Waals surface area contributed by atoms with Gasteiger partial charge in [0.25, 0.3) is 0 Å². The van der Waals surface area contributed by atoms with Gasteiger partial charge in [-0.3, -0.25) is 0 Å². The summed E-state index contributed by atoms with van der Waals surface area (Å²) in [6.45, 7) is 2.10. The molecule has 0 radical (unpaired) electrons. The molecule has 94 valence electrons. The van der Waals surface area contributed by atoms with Gasteiger partial charge in [0, 0.05) is 17.1 Å². The molecule has 0 saturated heterocycles. The van der Waals surface area contributed by atoms with Gasteiger partial charge in [-0.1, -0.05) is 42.6 Å². The number of aliphatic hydroxyl groups is 1. The molecule has 1 aromatic rings. The highest BCUT2D eigenvalue weighted by atomic mass is 35.5. The van der Waals surface area contributed by atoms with Gasteiger partial charge in [-0.05, 0) is 31.4 Å². The van der Waals surface area contributed by atoms with Gasteiger partial charge in [0.2, 0.25) is 0 Å². The number of benzene rings is 1. The number of aliphatic hydroxyl groups excluding tert-OH is 1. The van der Waals surface area contributed by atoms with Crippen LogP contribution in [0, 0.1) is 0 Å². The average molecular weight is 254 g/mol. The molecule has 2 nitrogen and oxygen atoms in total. The number of halogens is 1. The molecule has 2 rings (SSSR count). The summed E-state index contributed by atoms with van der Waals surface area (Å²) >= 11 is 6.17. The van der Waals surface area contributed by atoms with Crippen LogP contribution in [0.5, 0.6) is 0 Å². The molecule has 17 heavy (non-hydrogen) atoms. The third-order valence-corrected chi connectivity index (χ3v) is 3.91. The van der Waals surface area contributed by atoms with E-state index in [9.17, 15) is 5.11 Å². The molecule has 0 spiro atoms. The predicted molar refractivity (Wildman–Crippen MR) is 71.3 cm³/mol. The molecule has 1 aliphatic carbocycles. The van der Waals surface area contributed by atoms with Crippen molar-refractivity contribution in [2.45, 2.75) is 50.8 Å². The van der Waals surface area contributed by atoms with Crippen LogP contribution in [-0.4, -0.2) is 17.3 Å². The van der Waals surface area contributed by atoms with Crippen LogP contribution in [0.2, 0.25) is 5.02 Å².